The number of imidazole rings is 1. The molecule has 33 heavy (non-hydrogen) atoms. The fourth-order valence-electron chi connectivity index (χ4n) is 4.03. The van der Waals surface area contributed by atoms with Gasteiger partial charge in [0.25, 0.3) is 0 Å². The quantitative estimate of drug-likeness (QED) is 0.187. The number of fused-ring (bicyclic) bond motifs is 1. The average molecular weight is 483 g/mol. The van der Waals surface area contributed by atoms with Crippen molar-refractivity contribution in [2.24, 2.45) is 11.5 Å². The van der Waals surface area contributed by atoms with Crippen LogP contribution in [0.5, 0.6) is 0 Å². The summed E-state index contributed by atoms with van der Waals surface area (Å²) in [6, 6.07) is 0. The van der Waals surface area contributed by atoms with E-state index in [1.54, 1.807) is 16.3 Å². The van der Waals surface area contributed by atoms with E-state index in [2.05, 4.69) is 20.3 Å². The first-order valence-corrected chi connectivity index (χ1v) is 12.8. The summed E-state index contributed by atoms with van der Waals surface area (Å²) < 4.78 is 7.65. The second-order valence-corrected chi connectivity index (χ2v) is 9.74. The van der Waals surface area contributed by atoms with Crippen LogP contribution in [0, 0.1) is 0 Å². The van der Waals surface area contributed by atoms with Gasteiger partial charge in [0, 0.05) is 11.0 Å². The molecule has 9 N–H and O–H groups in total. The molecule has 5 atom stereocenters. The molecule has 3 rings (SSSR count). The van der Waals surface area contributed by atoms with Crippen LogP contribution in [0.2, 0.25) is 0 Å². The summed E-state index contributed by atoms with van der Waals surface area (Å²) in [5, 5.41) is 25.0. The minimum Gasteiger partial charge on any atom is -0.387 e. The summed E-state index contributed by atoms with van der Waals surface area (Å²) >= 11 is 1.75. The topological polar surface area (TPSA) is 183 Å². The summed E-state index contributed by atoms with van der Waals surface area (Å²) in [5.41, 5.74) is 18.1. The Kier molecular flexibility index (Phi) is 10.6. The molecule has 11 nitrogen and oxygen atoms in total. The Balaban J connectivity index is 1.47. The van der Waals surface area contributed by atoms with Crippen molar-refractivity contribution in [2.75, 3.05) is 37.7 Å². The molecule has 12 heteroatoms. The predicted octanol–water partition coefficient (Wildman–Crippen LogP) is -0.0229. The number of ether oxygens (including phenoxy) is 1. The van der Waals surface area contributed by atoms with Crippen LogP contribution in [0.25, 0.3) is 11.2 Å². The largest absolute Gasteiger partial charge is 0.387 e. The Morgan fingerprint density at radius 3 is 2.64 bits per heavy atom. The molecular formula is C21H38N8O3S. The summed E-state index contributed by atoms with van der Waals surface area (Å²) in [7, 11) is 0. The van der Waals surface area contributed by atoms with Crippen LogP contribution in [0.3, 0.4) is 0 Å². The normalized spacial score (nSPS) is 24.0. The number of nitrogens with one attached hydrogen (secondary N) is 1. The number of anilines is 1. The van der Waals surface area contributed by atoms with Crippen LogP contribution in [0.4, 0.5) is 5.82 Å². The van der Waals surface area contributed by atoms with Gasteiger partial charge in [-0.2, -0.15) is 11.8 Å². The van der Waals surface area contributed by atoms with Crippen molar-refractivity contribution in [3.8, 4) is 0 Å². The first-order valence-electron chi connectivity index (χ1n) is 11.7. The molecule has 186 valence electrons. The minimum absolute atomic E-state index is 0.259. The number of aliphatic hydroxyl groups excluding tert-OH is 2. The molecule has 2 unspecified atom stereocenters. The Bertz CT molecular complexity index is 841. The second-order valence-electron chi connectivity index (χ2n) is 8.40. The van der Waals surface area contributed by atoms with Crippen molar-refractivity contribution in [3.05, 3.63) is 12.7 Å². The SMILES string of the molecule is NCCCNCCCCCC(CCN)SC[C@H]1OC(n2cnc3c(N)ncnc32)[C@H](O)[C@@H]1O. The molecule has 1 fully saturated rings. The van der Waals surface area contributed by atoms with E-state index in [9.17, 15) is 10.2 Å². The molecule has 0 radical (unpaired) electrons. The van der Waals surface area contributed by atoms with Gasteiger partial charge in [0.05, 0.1) is 12.4 Å². The van der Waals surface area contributed by atoms with E-state index in [0.29, 0.717) is 28.7 Å². The third-order valence-electron chi connectivity index (χ3n) is 5.92. The van der Waals surface area contributed by atoms with Gasteiger partial charge in [-0.3, -0.25) is 4.57 Å². The van der Waals surface area contributed by atoms with Crippen molar-refractivity contribution >= 4 is 28.7 Å². The molecule has 3 heterocycles. The van der Waals surface area contributed by atoms with Gasteiger partial charge < -0.3 is 37.5 Å². The zero-order chi connectivity index (χ0) is 23.6. The van der Waals surface area contributed by atoms with Crippen LogP contribution >= 0.6 is 11.8 Å². The third-order valence-corrected chi connectivity index (χ3v) is 7.38. The first-order chi connectivity index (χ1) is 16.1. The van der Waals surface area contributed by atoms with Crippen LogP contribution < -0.4 is 22.5 Å². The Hall–Kier alpha value is -1.54. The van der Waals surface area contributed by atoms with Gasteiger partial charge in [-0.15, -0.1) is 0 Å². The Labute approximate surface area is 198 Å². The lowest BCUT2D eigenvalue weighted by molar-refractivity contribution is -0.0289. The molecule has 0 amide bonds. The number of rotatable bonds is 15. The highest BCUT2D eigenvalue weighted by Gasteiger charge is 2.44. The monoisotopic (exact) mass is 482 g/mol. The zero-order valence-electron chi connectivity index (χ0n) is 19.1. The van der Waals surface area contributed by atoms with Gasteiger partial charge in [0.2, 0.25) is 0 Å². The standard InChI is InChI=1S/C21H38N8O3S/c22-7-4-10-25-9-3-1-2-5-14(6-8-23)33-11-15-17(30)18(31)21(32-15)29-13-28-16-19(24)26-12-27-20(16)29/h12-15,17-18,21,25,30-31H,1-11,22-23H2,(H2,24,26,27)/t14?,15-,17-,18-,21?/m1/s1. The third kappa shape index (κ3) is 6.98. The summed E-state index contributed by atoms with van der Waals surface area (Å²) in [6.45, 7) is 3.35. The molecule has 1 aliphatic heterocycles. The molecular weight excluding hydrogens is 444 g/mol. The fraction of sp³-hybridized carbons (Fsp3) is 0.762. The molecule has 2 aromatic heterocycles. The number of thioether (sulfide) groups is 1. The average Bonchev–Trinajstić information content (AvgIpc) is 3.36. The fourth-order valence-corrected chi connectivity index (χ4v) is 5.41. The van der Waals surface area contributed by atoms with Crippen LogP contribution in [0.15, 0.2) is 12.7 Å². The molecule has 0 aliphatic carbocycles. The van der Waals surface area contributed by atoms with Crippen LogP contribution in [-0.2, 0) is 4.74 Å². The number of nitrogen functional groups attached to an aromatic ring is 1. The van der Waals surface area contributed by atoms with Crippen molar-refractivity contribution in [1.82, 2.24) is 24.8 Å². The molecule has 1 saturated heterocycles. The van der Waals surface area contributed by atoms with Gasteiger partial charge in [-0.05, 0) is 51.9 Å². The minimum atomic E-state index is -1.09. The number of hydrogen-bond acceptors (Lipinski definition) is 11. The van der Waals surface area contributed by atoms with Crippen LogP contribution in [0.1, 0.15) is 44.8 Å². The van der Waals surface area contributed by atoms with E-state index < -0.39 is 24.5 Å². The van der Waals surface area contributed by atoms with E-state index in [1.807, 2.05) is 0 Å². The number of unbranched alkanes of at least 4 members (excludes halogenated alkanes) is 2. The van der Waals surface area contributed by atoms with Crippen molar-refractivity contribution in [2.45, 2.75) is 68.3 Å². The Morgan fingerprint density at radius 1 is 1.03 bits per heavy atom. The van der Waals surface area contributed by atoms with Crippen molar-refractivity contribution < 1.29 is 14.9 Å². The number of aromatic nitrogens is 4. The molecule has 1 aliphatic rings. The summed E-state index contributed by atoms with van der Waals surface area (Å²) in [6.07, 6.45) is 5.91. The van der Waals surface area contributed by atoms with Gasteiger partial charge in [0.1, 0.15) is 24.1 Å². The predicted molar refractivity (Wildman–Crippen MR) is 131 cm³/mol. The van der Waals surface area contributed by atoms with E-state index in [1.165, 1.54) is 19.1 Å². The van der Waals surface area contributed by atoms with Crippen molar-refractivity contribution in [3.63, 3.8) is 0 Å². The van der Waals surface area contributed by atoms with Gasteiger partial charge in [-0.1, -0.05) is 12.8 Å². The second kappa shape index (κ2) is 13.4. The van der Waals surface area contributed by atoms with Gasteiger partial charge in [-0.25, -0.2) is 15.0 Å². The summed E-state index contributed by atoms with van der Waals surface area (Å²) in [4.78, 5) is 12.4. The number of nitrogens with zero attached hydrogens (tertiary/aromatic N) is 4. The maximum absolute atomic E-state index is 10.6. The van der Waals surface area contributed by atoms with E-state index >= 15 is 0 Å². The number of hydrogen-bond donors (Lipinski definition) is 6. The highest BCUT2D eigenvalue weighted by molar-refractivity contribution is 7.99. The maximum Gasteiger partial charge on any atom is 0.167 e. The molecule has 0 spiro atoms. The van der Waals surface area contributed by atoms with E-state index in [0.717, 1.165) is 51.7 Å². The zero-order valence-corrected chi connectivity index (χ0v) is 19.9. The first kappa shape index (κ1) is 26.1. The maximum atomic E-state index is 10.6. The van der Waals surface area contributed by atoms with Gasteiger partial charge >= 0.3 is 0 Å². The molecule has 2 aromatic rings. The number of aliphatic hydroxyl groups is 2. The van der Waals surface area contributed by atoms with E-state index in [-0.39, 0.29) is 5.82 Å². The van der Waals surface area contributed by atoms with Crippen molar-refractivity contribution in [1.29, 1.82) is 0 Å². The smallest absolute Gasteiger partial charge is 0.167 e. The molecule has 0 saturated carbocycles. The lowest BCUT2D eigenvalue weighted by Gasteiger charge is -2.20. The summed E-state index contributed by atoms with van der Waals surface area (Å²) in [5.74, 6) is 0.832. The highest BCUT2D eigenvalue weighted by atomic mass is 32.2. The molecule has 0 aromatic carbocycles. The lowest BCUT2D eigenvalue weighted by atomic mass is 10.1. The Morgan fingerprint density at radius 2 is 1.85 bits per heavy atom. The van der Waals surface area contributed by atoms with Gasteiger partial charge in [0.15, 0.2) is 17.7 Å². The molecule has 0 bridgehead atoms. The van der Waals surface area contributed by atoms with E-state index in [4.69, 9.17) is 21.9 Å². The number of nitrogens with two attached hydrogens (primary N) is 3. The highest BCUT2D eigenvalue weighted by Crippen LogP contribution is 2.34. The lowest BCUT2D eigenvalue weighted by Crippen LogP contribution is -2.33. The van der Waals surface area contributed by atoms with Crippen LogP contribution in [-0.4, -0.2) is 85.2 Å².